The normalized spacial score (nSPS) is 28.9. The summed E-state index contributed by atoms with van der Waals surface area (Å²) in [7, 11) is 0. The first-order valence-corrected chi connectivity index (χ1v) is 6.95. The van der Waals surface area contributed by atoms with Crippen molar-refractivity contribution in [3.8, 4) is 0 Å². The quantitative estimate of drug-likeness (QED) is 0.803. The third kappa shape index (κ3) is 2.19. The summed E-state index contributed by atoms with van der Waals surface area (Å²) in [4.78, 5) is 2.63. The molecule has 0 saturated heterocycles. The van der Waals surface area contributed by atoms with Gasteiger partial charge in [-0.1, -0.05) is 18.2 Å². The number of nitrogens with zero attached hydrogens (tertiary/aromatic N) is 1. The van der Waals surface area contributed by atoms with Crippen LogP contribution in [-0.2, 0) is 6.42 Å². The highest BCUT2D eigenvalue weighted by atomic mass is 15.2. The smallest absolute Gasteiger partial charge is 0.0401 e. The van der Waals surface area contributed by atoms with E-state index in [0.717, 1.165) is 0 Å². The molecule has 2 atom stereocenters. The van der Waals surface area contributed by atoms with E-state index < -0.39 is 0 Å². The Balaban J connectivity index is 1.89. The second-order valence-corrected chi connectivity index (χ2v) is 5.51. The fraction of sp³-hybridized carbons (Fsp3) is 0.600. The Morgan fingerprint density at radius 3 is 2.82 bits per heavy atom. The number of hydrogen-bond donors (Lipinski definition) is 1. The van der Waals surface area contributed by atoms with Gasteiger partial charge in [0.05, 0.1) is 0 Å². The van der Waals surface area contributed by atoms with E-state index in [4.69, 9.17) is 5.73 Å². The van der Waals surface area contributed by atoms with Crippen molar-refractivity contribution >= 4 is 5.69 Å². The molecule has 92 valence electrons. The van der Waals surface area contributed by atoms with Crippen molar-refractivity contribution < 1.29 is 0 Å². The average molecular weight is 230 g/mol. The zero-order valence-electron chi connectivity index (χ0n) is 10.4. The number of benzene rings is 1. The average Bonchev–Trinajstić information content (AvgIpc) is 2.66. The minimum absolute atomic E-state index is 0.426. The van der Waals surface area contributed by atoms with Crippen molar-refractivity contribution in [2.75, 3.05) is 11.4 Å². The minimum atomic E-state index is 0.426. The van der Waals surface area contributed by atoms with Gasteiger partial charge >= 0.3 is 0 Å². The van der Waals surface area contributed by atoms with Crippen LogP contribution in [0.5, 0.6) is 0 Å². The predicted molar refractivity (Wildman–Crippen MR) is 72.3 cm³/mol. The zero-order valence-corrected chi connectivity index (χ0v) is 10.4. The summed E-state index contributed by atoms with van der Waals surface area (Å²) in [6, 6.07) is 10.0. The lowest BCUT2D eigenvalue weighted by Crippen LogP contribution is -2.35. The van der Waals surface area contributed by atoms with E-state index in [1.54, 1.807) is 0 Å². The molecule has 1 aliphatic heterocycles. The summed E-state index contributed by atoms with van der Waals surface area (Å²) in [5, 5.41) is 0. The fourth-order valence-corrected chi connectivity index (χ4v) is 3.37. The van der Waals surface area contributed by atoms with Gasteiger partial charge in [-0.2, -0.15) is 0 Å². The molecule has 1 heterocycles. The van der Waals surface area contributed by atoms with Crippen molar-refractivity contribution in [3.05, 3.63) is 29.8 Å². The highest BCUT2D eigenvalue weighted by Gasteiger charge is 2.28. The SMILES string of the molecule is NC1CCC(N2CCCCc3ccccc32)C1. The van der Waals surface area contributed by atoms with Gasteiger partial charge in [0, 0.05) is 24.3 Å². The highest BCUT2D eigenvalue weighted by molar-refractivity contribution is 5.55. The summed E-state index contributed by atoms with van der Waals surface area (Å²) in [6.45, 7) is 1.22. The van der Waals surface area contributed by atoms with E-state index >= 15 is 0 Å². The maximum Gasteiger partial charge on any atom is 0.0401 e. The lowest BCUT2D eigenvalue weighted by atomic mass is 10.1. The molecule has 0 spiro atoms. The number of fused-ring (bicyclic) bond motifs is 1. The highest BCUT2D eigenvalue weighted by Crippen LogP contribution is 2.32. The molecule has 17 heavy (non-hydrogen) atoms. The van der Waals surface area contributed by atoms with Crippen LogP contribution in [0.4, 0.5) is 5.69 Å². The lowest BCUT2D eigenvalue weighted by molar-refractivity contribution is 0.583. The molecule has 2 aliphatic rings. The Labute approximate surface area is 104 Å². The standard InChI is InChI=1S/C15H22N2/c16-13-8-9-14(11-13)17-10-4-3-6-12-5-1-2-7-15(12)17/h1-2,5,7,13-14H,3-4,6,8-11,16H2. The van der Waals surface area contributed by atoms with E-state index in [-0.39, 0.29) is 0 Å². The van der Waals surface area contributed by atoms with E-state index in [2.05, 4.69) is 29.2 Å². The zero-order chi connectivity index (χ0) is 11.7. The van der Waals surface area contributed by atoms with Crippen LogP contribution in [-0.4, -0.2) is 18.6 Å². The van der Waals surface area contributed by atoms with Gasteiger partial charge in [-0.3, -0.25) is 0 Å². The van der Waals surface area contributed by atoms with Gasteiger partial charge in [-0.15, -0.1) is 0 Å². The predicted octanol–water partition coefficient (Wildman–Crippen LogP) is 2.71. The number of hydrogen-bond acceptors (Lipinski definition) is 2. The molecular formula is C15H22N2. The van der Waals surface area contributed by atoms with Gasteiger partial charge < -0.3 is 10.6 Å². The molecule has 1 aliphatic carbocycles. The van der Waals surface area contributed by atoms with Crippen LogP contribution >= 0.6 is 0 Å². The minimum Gasteiger partial charge on any atom is -0.368 e. The summed E-state index contributed by atoms with van der Waals surface area (Å²) >= 11 is 0. The summed E-state index contributed by atoms with van der Waals surface area (Å²) in [6.07, 6.45) is 7.53. The van der Waals surface area contributed by atoms with Crippen LogP contribution in [0, 0.1) is 0 Å². The van der Waals surface area contributed by atoms with Crippen LogP contribution in [0.25, 0.3) is 0 Å². The molecule has 0 bridgehead atoms. The number of nitrogens with two attached hydrogens (primary N) is 1. The molecule has 1 aromatic rings. The summed E-state index contributed by atoms with van der Waals surface area (Å²) in [5.41, 5.74) is 9.07. The molecule has 1 fully saturated rings. The third-order valence-electron chi connectivity index (χ3n) is 4.28. The molecule has 3 rings (SSSR count). The van der Waals surface area contributed by atoms with Crippen molar-refractivity contribution in [2.45, 2.75) is 50.6 Å². The van der Waals surface area contributed by atoms with E-state index in [1.807, 2.05) is 0 Å². The molecule has 2 heteroatoms. The van der Waals surface area contributed by atoms with Crippen LogP contribution in [0.15, 0.2) is 24.3 Å². The van der Waals surface area contributed by atoms with Gasteiger partial charge in [0.1, 0.15) is 0 Å². The number of aryl methyl sites for hydroxylation is 1. The Morgan fingerprint density at radius 1 is 1.12 bits per heavy atom. The molecule has 2 N–H and O–H groups in total. The van der Waals surface area contributed by atoms with Gasteiger partial charge in [0.25, 0.3) is 0 Å². The second kappa shape index (κ2) is 4.69. The van der Waals surface area contributed by atoms with Crippen molar-refractivity contribution in [2.24, 2.45) is 5.73 Å². The molecule has 1 aromatic carbocycles. The Morgan fingerprint density at radius 2 is 2.00 bits per heavy atom. The van der Waals surface area contributed by atoms with Crippen molar-refractivity contribution in [3.63, 3.8) is 0 Å². The van der Waals surface area contributed by atoms with Crippen LogP contribution in [0.1, 0.15) is 37.7 Å². The topological polar surface area (TPSA) is 29.3 Å². The fourth-order valence-electron chi connectivity index (χ4n) is 3.37. The molecule has 2 nitrogen and oxygen atoms in total. The van der Waals surface area contributed by atoms with Crippen molar-refractivity contribution in [1.82, 2.24) is 0 Å². The van der Waals surface area contributed by atoms with Gasteiger partial charge in [-0.05, 0) is 50.2 Å². The Hall–Kier alpha value is -1.02. The van der Waals surface area contributed by atoms with Crippen LogP contribution in [0.3, 0.4) is 0 Å². The Bertz CT molecular complexity index is 388. The molecular weight excluding hydrogens is 208 g/mol. The van der Waals surface area contributed by atoms with Crippen LogP contribution in [0.2, 0.25) is 0 Å². The maximum absolute atomic E-state index is 6.06. The summed E-state index contributed by atoms with van der Waals surface area (Å²) < 4.78 is 0. The van der Waals surface area contributed by atoms with E-state index in [0.29, 0.717) is 12.1 Å². The summed E-state index contributed by atoms with van der Waals surface area (Å²) in [5.74, 6) is 0. The lowest BCUT2D eigenvalue weighted by Gasteiger charge is -2.31. The molecule has 1 saturated carbocycles. The first-order valence-electron chi connectivity index (χ1n) is 6.95. The van der Waals surface area contributed by atoms with Crippen molar-refractivity contribution in [1.29, 1.82) is 0 Å². The van der Waals surface area contributed by atoms with E-state index in [1.165, 1.54) is 56.3 Å². The van der Waals surface area contributed by atoms with Gasteiger partial charge in [0.2, 0.25) is 0 Å². The first kappa shape index (κ1) is 11.1. The molecule has 0 radical (unpaired) electrons. The van der Waals surface area contributed by atoms with E-state index in [9.17, 15) is 0 Å². The maximum atomic E-state index is 6.06. The molecule has 2 unspecified atom stereocenters. The monoisotopic (exact) mass is 230 g/mol. The molecule has 0 aromatic heterocycles. The Kier molecular flexibility index (Phi) is 3.06. The third-order valence-corrected chi connectivity index (χ3v) is 4.28. The number of anilines is 1. The second-order valence-electron chi connectivity index (χ2n) is 5.51. The van der Waals surface area contributed by atoms with Gasteiger partial charge in [0.15, 0.2) is 0 Å². The number of para-hydroxylation sites is 1. The molecule has 0 amide bonds. The first-order chi connectivity index (χ1) is 8.34. The van der Waals surface area contributed by atoms with Gasteiger partial charge in [-0.25, -0.2) is 0 Å². The van der Waals surface area contributed by atoms with Crippen LogP contribution < -0.4 is 10.6 Å². The largest absolute Gasteiger partial charge is 0.368 e. The number of rotatable bonds is 1.